The summed E-state index contributed by atoms with van der Waals surface area (Å²) in [4.78, 5) is 41.1. The Bertz CT molecular complexity index is 1160. The predicted octanol–water partition coefficient (Wildman–Crippen LogP) is 4.25. The van der Waals surface area contributed by atoms with Gasteiger partial charge in [-0.05, 0) is 67.4 Å². The average molecular weight is 457 g/mol. The zero-order valence-corrected chi connectivity index (χ0v) is 19.2. The molecule has 7 heteroatoms. The van der Waals surface area contributed by atoms with Gasteiger partial charge in [-0.2, -0.15) is 0 Å². The minimum Gasteiger partial charge on any atom is -0.376 e. The second-order valence-corrected chi connectivity index (χ2v) is 8.26. The molecular weight excluding hydrogens is 428 g/mol. The van der Waals surface area contributed by atoms with Crippen LogP contribution in [0.2, 0.25) is 0 Å². The van der Waals surface area contributed by atoms with Gasteiger partial charge in [0.2, 0.25) is 5.91 Å². The lowest BCUT2D eigenvalue weighted by molar-refractivity contribution is -0.114. The summed E-state index contributed by atoms with van der Waals surface area (Å²) in [7, 11) is 1.72. The van der Waals surface area contributed by atoms with Gasteiger partial charge in [-0.1, -0.05) is 24.3 Å². The molecule has 0 spiro atoms. The smallest absolute Gasteiger partial charge is 0.258 e. The molecule has 0 atom stereocenters. The van der Waals surface area contributed by atoms with Crippen molar-refractivity contribution in [2.24, 2.45) is 0 Å². The number of rotatable bonds is 7. The third kappa shape index (κ3) is 5.61. The van der Waals surface area contributed by atoms with E-state index < -0.39 is 0 Å². The molecular formula is C27H28N4O3. The van der Waals surface area contributed by atoms with Gasteiger partial charge in [-0.25, -0.2) is 0 Å². The normalized spacial score (nSPS) is 12.8. The molecule has 4 rings (SSSR count). The first-order valence-electron chi connectivity index (χ1n) is 11.4. The number of para-hydroxylation sites is 1. The number of likely N-dealkylation sites (tertiary alicyclic amines) is 1. The van der Waals surface area contributed by atoms with Gasteiger partial charge in [0.15, 0.2) is 0 Å². The topological polar surface area (TPSA) is 81.8 Å². The maximum atomic E-state index is 12.8. The Morgan fingerprint density at radius 2 is 1.53 bits per heavy atom. The van der Waals surface area contributed by atoms with Gasteiger partial charge in [-0.3, -0.25) is 14.4 Å². The number of nitrogens with one attached hydrogen (secondary N) is 2. The summed E-state index contributed by atoms with van der Waals surface area (Å²) in [5, 5.41) is 5.89. The minimum atomic E-state index is -0.238. The molecule has 34 heavy (non-hydrogen) atoms. The minimum absolute atomic E-state index is 0.0501. The largest absolute Gasteiger partial charge is 0.376 e. The molecule has 1 fully saturated rings. The van der Waals surface area contributed by atoms with Crippen molar-refractivity contribution >= 4 is 34.8 Å². The number of carbonyl (C=O) groups excluding carboxylic acids is 3. The maximum absolute atomic E-state index is 12.8. The van der Waals surface area contributed by atoms with Crippen LogP contribution in [0.5, 0.6) is 0 Å². The van der Waals surface area contributed by atoms with Gasteiger partial charge >= 0.3 is 0 Å². The standard InChI is InChI=1S/C27H28N4O3/c1-30(24-10-3-2-4-11-24)26(33)21-8-7-9-23(18-21)29-25(32)19-28-22-14-12-20(13-15-22)27(34)31-16-5-6-17-31/h2-4,7-15,18,28H,5-6,16-17,19H2,1H3,(H,29,32). The molecule has 0 bridgehead atoms. The first kappa shape index (κ1) is 23.0. The van der Waals surface area contributed by atoms with Crippen LogP contribution < -0.4 is 15.5 Å². The molecule has 0 aliphatic carbocycles. The Kier molecular flexibility index (Phi) is 7.22. The zero-order valence-electron chi connectivity index (χ0n) is 19.2. The second-order valence-electron chi connectivity index (χ2n) is 8.26. The predicted molar refractivity (Wildman–Crippen MR) is 134 cm³/mol. The highest BCUT2D eigenvalue weighted by Gasteiger charge is 2.19. The van der Waals surface area contributed by atoms with E-state index in [-0.39, 0.29) is 24.3 Å². The Morgan fingerprint density at radius 1 is 0.824 bits per heavy atom. The Labute approximate surface area is 199 Å². The monoisotopic (exact) mass is 456 g/mol. The van der Waals surface area contributed by atoms with Crippen molar-refractivity contribution in [1.29, 1.82) is 0 Å². The summed E-state index contributed by atoms with van der Waals surface area (Å²) < 4.78 is 0. The van der Waals surface area contributed by atoms with Crippen molar-refractivity contribution < 1.29 is 14.4 Å². The van der Waals surface area contributed by atoms with Crippen LogP contribution >= 0.6 is 0 Å². The van der Waals surface area contributed by atoms with Gasteiger partial charge in [0.25, 0.3) is 11.8 Å². The van der Waals surface area contributed by atoms with Crippen LogP contribution in [0.4, 0.5) is 17.1 Å². The summed E-state index contributed by atoms with van der Waals surface area (Å²) in [5.41, 5.74) is 3.22. The van der Waals surface area contributed by atoms with E-state index in [0.717, 1.165) is 37.3 Å². The lowest BCUT2D eigenvalue weighted by Gasteiger charge is -2.18. The lowest BCUT2D eigenvalue weighted by atomic mass is 10.1. The van der Waals surface area contributed by atoms with Crippen molar-refractivity contribution in [3.8, 4) is 0 Å². The quantitative estimate of drug-likeness (QED) is 0.557. The zero-order chi connectivity index (χ0) is 23.9. The van der Waals surface area contributed by atoms with Gasteiger partial charge in [0, 0.05) is 48.3 Å². The second kappa shape index (κ2) is 10.7. The molecule has 1 saturated heterocycles. The molecule has 3 amide bonds. The summed E-state index contributed by atoms with van der Waals surface area (Å²) in [6, 6.07) is 23.4. The fraction of sp³-hybridized carbons (Fsp3) is 0.222. The van der Waals surface area contributed by atoms with Crippen LogP contribution in [-0.4, -0.2) is 49.3 Å². The van der Waals surface area contributed by atoms with E-state index in [2.05, 4.69) is 10.6 Å². The van der Waals surface area contributed by atoms with Gasteiger partial charge in [0.1, 0.15) is 0 Å². The van der Waals surface area contributed by atoms with Crippen LogP contribution in [0, 0.1) is 0 Å². The average Bonchev–Trinajstić information content (AvgIpc) is 3.42. The van der Waals surface area contributed by atoms with Crippen LogP contribution in [0.25, 0.3) is 0 Å². The van der Waals surface area contributed by atoms with E-state index in [1.165, 1.54) is 0 Å². The summed E-state index contributed by atoms with van der Waals surface area (Å²) in [6.45, 7) is 1.68. The summed E-state index contributed by atoms with van der Waals surface area (Å²) in [6.07, 6.45) is 2.11. The first-order chi connectivity index (χ1) is 16.5. The molecule has 174 valence electrons. The fourth-order valence-corrected chi connectivity index (χ4v) is 3.91. The number of carbonyl (C=O) groups is 3. The number of nitrogens with zero attached hydrogens (tertiary/aromatic N) is 2. The van der Waals surface area contributed by atoms with Crippen LogP contribution in [-0.2, 0) is 4.79 Å². The van der Waals surface area contributed by atoms with Crippen molar-refractivity contribution in [2.45, 2.75) is 12.8 Å². The molecule has 3 aromatic rings. The number of hydrogen-bond donors (Lipinski definition) is 2. The van der Waals surface area contributed by atoms with Gasteiger partial charge in [0.05, 0.1) is 6.54 Å². The highest BCUT2D eigenvalue weighted by atomic mass is 16.2. The van der Waals surface area contributed by atoms with Crippen molar-refractivity contribution in [3.05, 3.63) is 90.0 Å². The molecule has 1 heterocycles. The van der Waals surface area contributed by atoms with E-state index in [1.54, 1.807) is 60.5 Å². The van der Waals surface area contributed by atoms with E-state index in [9.17, 15) is 14.4 Å². The molecule has 1 aliphatic heterocycles. The Balaban J connectivity index is 1.31. The molecule has 0 radical (unpaired) electrons. The third-order valence-electron chi connectivity index (χ3n) is 5.82. The van der Waals surface area contributed by atoms with E-state index in [4.69, 9.17) is 0 Å². The Hall–Kier alpha value is -4.13. The van der Waals surface area contributed by atoms with Crippen LogP contribution in [0.3, 0.4) is 0 Å². The van der Waals surface area contributed by atoms with E-state index in [0.29, 0.717) is 16.8 Å². The van der Waals surface area contributed by atoms with Gasteiger partial charge in [-0.15, -0.1) is 0 Å². The van der Waals surface area contributed by atoms with Crippen LogP contribution in [0.1, 0.15) is 33.6 Å². The molecule has 3 aromatic carbocycles. The van der Waals surface area contributed by atoms with Crippen molar-refractivity contribution in [1.82, 2.24) is 4.90 Å². The fourth-order valence-electron chi connectivity index (χ4n) is 3.91. The number of benzene rings is 3. The Morgan fingerprint density at radius 3 is 2.24 bits per heavy atom. The summed E-state index contributed by atoms with van der Waals surface area (Å²) >= 11 is 0. The molecule has 0 saturated carbocycles. The third-order valence-corrected chi connectivity index (χ3v) is 5.82. The van der Waals surface area contributed by atoms with E-state index in [1.807, 2.05) is 35.2 Å². The highest BCUT2D eigenvalue weighted by Crippen LogP contribution is 2.18. The SMILES string of the molecule is CN(C(=O)c1cccc(NC(=O)CNc2ccc(C(=O)N3CCCC3)cc2)c1)c1ccccc1. The number of hydrogen-bond acceptors (Lipinski definition) is 4. The van der Waals surface area contributed by atoms with Crippen LogP contribution in [0.15, 0.2) is 78.9 Å². The van der Waals surface area contributed by atoms with E-state index >= 15 is 0 Å². The van der Waals surface area contributed by atoms with Crippen molar-refractivity contribution in [3.63, 3.8) is 0 Å². The summed E-state index contributed by atoms with van der Waals surface area (Å²) in [5.74, 6) is -0.351. The van der Waals surface area contributed by atoms with Crippen molar-refractivity contribution in [2.75, 3.05) is 42.2 Å². The van der Waals surface area contributed by atoms with Gasteiger partial charge < -0.3 is 20.4 Å². The number of amides is 3. The maximum Gasteiger partial charge on any atom is 0.258 e. The first-order valence-corrected chi connectivity index (χ1v) is 11.4. The lowest BCUT2D eigenvalue weighted by Crippen LogP contribution is -2.27. The molecule has 0 aromatic heterocycles. The highest BCUT2D eigenvalue weighted by molar-refractivity contribution is 6.06. The molecule has 0 unspecified atom stereocenters. The number of anilines is 3. The molecule has 7 nitrogen and oxygen atoms in total. The molecule has 1 aliphatic rings. The molecule has 2 N–H and O–H groups in total.